The zero-order valence-corrected chi connectivity index (χ0v) is 37.3. The van der Waals surface area contributed by atoms with E-state index in [1.165, 1.54) is 93.5 Å². The molecule has 10 aromatic carbocycles. The number of fused-ring (bicyclic) bond motifs is 3. The van der Waals surface area contributed by atoms with Gasteiger partial charge in [-0.05, 0) is 221 Å². The summed E-state index contributed by atoms with van der Waals surface area (Å²) < 4.78 is 0. The van der Waals surface area contributed by atoms with Crippen LogP contribution in [0.25, 0.3) is 54.6 Å². The van der Waals surface area contributed by atoms with E-state index in [0.29, 0.717) is 0 Å². The van der Waals surface area contributed by atoms with Gasteiger partial charge in [-0.25, -0.2) is 0 Å². The minimum absolute atomic E-state index is 1.10. The van der Waals surface area contributed by atoms with Crippen molar-refractivity contribution in [2.45, 2.75) is 48.5 Å². The lowest BCUT2D eigenvalue weighted by atomic mass is 9.89. The van der Waals surface area contributed by atoms with Crippen molar-refractivity contribution in [2.75, 3.05) is 9.80 Å². The fourth-order valence-corrected chi connectivity index (χ4v) is 9.06. The average molecular weight is 813 g/mol. The van der Waals surface area contributed by atoms with E-state index in [4.69, 9.17) is 0 Å². The highest BCUT2D eigenvalue weighted by atomic mass is 15.1. The predicted octanol–water partition coefficient (Wildman–Crippen LogP) is 17.6. The molecule has 0 amide bonds. The van der Waals surface area contributed by atoms with E-state index < -0.39 is 0 Å². The van der Waals surface area contributed by atoms with Gasteiger partial charge in [0.25, 0.3) is 0 Å². The summed E-state index contributed by atoms with van der Waals surface area (Å²) in [6, 6.07) is 70.5. The highest BCUT2D eigenvalue weighted by Gasteiger charge is 2.22. The van der Waals surface area contributed by atoms with E-state index in [2.05, 4.69) is 246 Å². The Kier molecular flexibility index (Phi) is 10.2. The lowest BCUT2D eigenvalue weighted by Gasteiger charge is -2.30. The maximum Gasteiger partial charge on any atom is 0.0474 e. The van der Waals surface area contributed by atoms with E-state index in [0.717, 1.165) is 34.1 Å². The number of hydrogen-bond acceptors (Lipinski definition) is 2. The third kappa shape index (κ3) is 7.53. The van der Waals surface area contributed by atoms with Gasteiger partial charge in [0.05, 0.1) is 0 Å². The first-order valence-electron chi connectivity index (χ1n) is 22.1. The van der Waals surface area contributed by atoms with Crippen molar-refractivity contribution in [3.8, 4) is 22.3 Å². The van der Waals surface area contributed by atoms with Crippen molar-refractivity contribution < 1.29 is 0 Å². The zero-order chi connectivity index (χ0) is 43.4. The first-order valence-corrected chi connectivity index (χ1v) is 22.1. The third-order valence-electron chi connectivity index (χ3n) is 13.2. The number of nitrogens with zero attached hydrogens (tertiary/aromatic N) is 2. The molecule has 0 atom stereocenters. The molecule has 10 aromatic rings. The van der Waals surface area contributed by atoms with Crippen LogP contribution in [0.4, 0.5) is 34.1 Å². The Hall–Kier alpha value is -7.42. The standard InChI is InChI=1S/C61H52N2/c1-39-16-25-52(26-17-39)62(53-27-18-40(2)43(5)30-53)56-35-58(50-23-21-46-12-8-10-14-48(46)33-50)61-38-57(36-59(60(61)37-56)51-24-22-47-13-9-11-15-49(47)34-51)63(54-28-19-41(3)44(6)31-54)55-29-20-42(4)45(7)32-55/h8-38H,1-7H3. The molecule has 2 nitrogen and oxygen atoms in total. The summed E-state index contributed by atoms with van der Waals surface area (Å²) in [5.41, 5.74) is 20.3. The Balaban J connectivity index is 1.34. The molecule has 0 N–H and O–H groups in total. The van der Waals surface area contributed by atoms with E-state index in [1.54, 1.807) is 0 Å². The normalized spacial score (nSPS) is 11.4. The number of aryl methyl sites for hydroxylation is 7. The van der Waals surface area contributed by atoms with Crippen LogP contribution in [0.1, 0.15) is 38.9 Å². The molecule has 0 bridgehead atoms. The molecule has 10 rings (SSSR count). The van der Waals surface area contributed by atoms with Gasteiger partial charge in [0, 0.05) is 34.1 Å². The summed E-state index contributed by atoms with van der Waals surface area (Å²) in [6.45, 7) is 15.4. The van der Waals surface area contributed by atoms with Crippen LogP contribution in [0, 0.1) is 48.5 Å². The Bertz CT molecular complexity index is 3320. The van der Waals surface area contributed by atoms with Crippen LogP contribution in [-0.2, 0) is 0 Å². The molecule has 0 saturated heterocycles. The van der Waals surface area contributed by atoms with Crippen molar-refractivity contribution in [1.82, 2.24) is 0 Å². The molecule has 2 heteroatoms. The fourth-order valence-electron chi connectivity index (χ4n) is 9.06. The van der Waals surface area contributed by atoms with Gasteiger partial charge < -0.3 is 9.80 Å². The summed E-state index contributed by atoms with van der Waals surface area (Å²) in [7, 11) is 0. The largest absolute Gasteiger partial charge is 0.310 e. The van der Waals surface area contributed by atoms with Gasteiger partial charge in [0.2, 0.25) is 0 Å². The Morgan fingerprint density at radius 3 is 1.02 bits per heavy atom. The lowest BCUT2D eigenvalue weighted by Crippen LogP contribution is -2.12. The summed E-state index contributed by atoms with van der Waals surface area (Å²) in [4.78, 5) is 4.89. The second kappa shape index (κ2) is 16.1. The SMILES string of the molecule is Cc1ccc(N(c2ccc(C)c(C)c2)c2cc(-c3ccc4ccccc4c3)c3cc(N(c4ccc(C)c(C)c4)c4ccc(C)c(C)c4)cc(-c4ccc5ccccc5c4)c3c2)cc1. The molecule has 0 saturated carbocycles. The number of benzene rings is 10. The number of rotatable bonds is 8. The molecule has 0 fully saturated rings. The summed E-state index contributed by atoms with van der Waals surface area (Å²) in [5, 5.41) is 7.27. The maximum absolute atomic E-state index is 2.45. The molecule has 0 unspecified atom stereocenters. The van der Waals surface area contributed by atoms with Crippen molar-refractivity contribution in [2.24, 2.45) is 0 Å². The van der Waals surface area contributed by atoms with Crippen molar-refractivity contribution in [3.05, 3.63) is 227 Å². The van der Waals surface area contributed by atoms with Gasteiger partial charge in [-0.1, -0.05) is 109 Å². The molecule has 0 spiro atoms. The van der Waals surface area contributed by atoms with Gasteiger partial charge in [-0.2, -0.15) is 0 Å². The highest BCUT2D eigenvalue weighted by Crippen LogP contribution is 2.47. The van der Waals surface area contributed by atoms with E-state index in [9.17, 15) is 0 Å². The van der Waals surface area contributed by atoms with E-state index in [-0.39, 0.29) is 0 Å². The van der Waals surface area contributed by atoms with Gasteiger partial charge in [-0.3, -0.25) is 0 Å². The van der Waals surface area contributed by atoms with E-state index >= 15 is 0 Å². The molecular weight excluding hydrogens is 761 g/mol. The van der Waals surface area contributed by atoms with Gasteiger partial charge in [0.1, 0.15) is 0 Å². The van der Waals surface area contributed by atoms with Crippen LogP contribution < -0.4 is 9.80 Å². The monoisotopic (exact) mass is 812 g/mol. The number of anilines is 6. The first-order chi connectivity index (χ1) is 30.6. The van der Waals surface area contributed by atoms with Gasteiger partial charge in [-0.15, -0.1) is 0 Å². The quantitative estimate of drug-likeness (QED) is 0.151. The molecule has 0 aliphatic carbocycles. The molecule has 0 aliphatic heterocycles. The Morgan fingerprint density at radius 1 is 0.254 bits per heavy atom. The van der Waals surface area contributed by atoms with Crippen molar-refractivity contribution in [3.63, 3.8) is 0 Å². The van der Waals surface area contributed by atoms with Gasteiger partial charge in [0.15, 0.2) is 0 Å². The molecule has 0 aliphatic rings. The molecule has 0 radical (unpaired) electrons. The fraction of sp³-hybridized carbons (Fsp3) is 0.115. The van der Waals surface area contributed by atoms with Crippen LogP contribution in [0.2, 0.25) is 0 Å². The van der Waals surface area contributed by atoms with Crippen molar-refractivity contribution >= 4 is 66.4 Å². The molecule has 0 aromatic heterocycles. The zero-order valence-electron chi connectivity index (χ0n) is 37.3. The average Bonchev–Trinajstić information content (AvgIpc) is 3.30. The van der Waals surface area contributed by atoms with Crippen molar-refractivity contribution in [1.29, 1.82) is 0 Å². The maximum atomic E-state index is 2.45. The third-order valence-corrected chi connectivity index (χ3v) is 13.2. The second-order valence-corrected chi connectivity index (χ2v) is 17.5. The van der Waals surface area contributed by atoms with Gasteiger partial charge >= 0.3 is 0 Å². The van der Waals surface area contributed by atoms with E-state index in [1.807, 2.05) is 0 Å². The summed E-state index contributed by atoms with van der Waals surface area (Å²) >= 11 is 0. The predicted molar refractivity (Wildman–Crippen MR) is 272 cm³/mol. The Morgan fingerprint density at radius 2 is 0.619 bits per heavy atom. The second-order valence-electron chi connectivity index (χ2n) is 17.5. The molecule has 0 heterocycles. The lowest BCUT2D eigenvalue weighted by molar-refractivity contribution is 1.23. The van der Waals surface area contributed by atoms with Crippen LogP contribution in [0.3, 0.4) is 0 Å². The minimum atomic E-state index is 1.10. The highest BCUT2D eigenvalue weighted by molar-refractivity contribution is 6.11. The molecular formula is C61H52N2. The summed E-state index contributed by atoms with van der Waals surface area (Å²) in [6.07, 6.45) is 0. The smallest absolute Gasteiger partial charge is 0.0474 e. The van der Waals surface area contributed by atoms with Crippen LogP contribution in [0.5, 0.6) is 0 Å². The molecule has 306 valence electrons. The van der Waals surface area contributed by atoms with Crippen LogP contribution in [-0.4, -0.2) is 0 Å². The molecule has 63 heavy (non-hydrogen) atoms. The summed E-state index contributed by atoms with van der Waals surface area (Å²) in [5.74, 6) is 0. The minimum Gasteiger partial charge on any atom is -0.310 e. The topological polar surface area (TPSA) is 6.48 Å². The number of hydrogen-bond donors (Lipinski definition) is 0. The van der Waals surface area contributed by atoms with Crippen LogP contribution >= 0.6 is 0 Å². The van der Waals surface area contributed by atoms with Crippen LogP contribution in [0.15, 0.2) is 188 Å². The first kappa shape index (κ1) is 39.7. The Labute approximate surface area is 372 Å².